The lowest BCUT2D eigenvalue weighted by Crippen LogP contribution is -2.05. The first kappa shape index (κ1) is 13.1. The van der Waals surface area contributed by atoms with E-state index in [0.29, 0.717) is 22.2 Å². The molecular weight excluding hydrogens is 268 g/mol. The monoisotopic (exact) mass is 280 g/mol. The fourth-order valence-corrected chi connectivity index (χ4v) is 2.56. The van der Waals surface area contributed by atoms with Crippen molar-refractivity contribution < 1.29 is 9.53 Å². The van der Waals surface area contributed by atoms with Crippen molar-refractivity contribution in [3.63, 3.8) is 0 Å². The fraction of sp³-hybridized carbons (Fsp3) is 0.214. The molecule has 0 saturated heterocycles. The van der Waals surface area contributed by atoms with Gasteiger partial charge in [-0.15, -0.1) is 11.3 Å². The summed E-state index contributed by atoms with van der Waals surface area (Å²) in [5.74, 6) is 0.867. The standard InChI is InChI=1S/C14H13ClO2S/c1-10-3-2-4-11(9-10)17-8-7-12(16)13-5-6-14(15)18-13/h2-6,9H,7-8H2,1H3. The van der Waals surface area contributed by atoms with Crippen LogP contribution in [0.1, 0.15) is 21.7 Å². The molecule has 0 spiro atoms. The summed E-state index contributed by atoms with van der Waals surface area (Å²) in [6, 6.07) is 11.3. The smallest absolute Gasteiger partial charge is 0.176 e. The molecule has 0 bridgehead atoms. The van der Waals surface area contributed by atoms with Gasteiger partial charge in [0.1, 0.15) is 5.75 Å². The summed E-state index contributed by atoms with van der Waals surface area (Å²) < 4.78 is 6.17. The number of ether oxygens (including phenoxy) is 1. The van der Waals surface area contributed by atoms with Crippen molar-refractivity contribution in [3.8, 4) is 5.75 Å². The fourth-order valence-electron chi connectivity index (χ4n) is 1.55. The second kappa shape index (κ2) is 6.03. The van der Waals surface area contributed by atoms with Gasteiger partial charge in [-0.3, -0.25) is 4.79 Å². The van der Waals surface area contributed by atoms with Crippen LogP contribution in [-0.4, -0.2) is 12.4 Å². The highest BCUT2D eigenvalue weighted by Crippen LogP contribution is 2.22. The summed E-state index contributed by atoms with van der Waals surface area (Å²) in [5, 5.41) is 0. The summed E-state index contributed by atoms with van der Waals surface area (Å²) in [5.41, 5.74) is 1.14. The molecule has 0 radical (unpaired) electrons. The van der Waals surface area contributed by atoms with Crippen LogP contribution in [0.2, 0.25) is 4.34 Å². The number of benzene rings is 1. The third-order valence-electron chi connectivity index (χ3n) is 2.44. The first-order valence-electron chi connectivity index (χ1n) is 5.63. The van der Waals surface area contributed by atoms with Crippen LogP contribution < -0.4 is 4.74 Å². The zero-order valence-electron chi connectivity index (χ0n) is 9.98. The topological polar surface area (TPSA) is 26.3 Å². The Morgan fingerprint density at radius 3 is 2.83 bits per heavy atom. The minimum atomic E-state index is 0.0690. The highest BCUT2D eigenvalue weighted by molar-refractivity contribution is 7.18. The van der Waals surface area contributed by atoms with Gasteiger partial charge in [-0.25, -0.2) is 0 Å². The number of thiophene rings is 1. The number of carbonyl (C=O) groups is 1. The van der Waals surface area contributed by atoms with E-state index in [2.05, 4.69) is 0 Å². The Balaban J connectivity index is 1.84. The predicted octanol–water partition coefficient (Wildman–Crippen LogP) is 4.36. The van der Waals surface area contributed by atoms with E-state index in [4.69, 9.17) is 16.3 Å². The van der Waals surface area contributed by atoms with Crippen LogP contribution in [0.15, 0.2) is 36.4 Å². The van der Waals surface area contributed by atoms with E-state index in [0.717, 1.165) is 11.3 Å². The number of hydrogen-bond donors (Lipinski definition) is 0. The highest BCUT2D eigenvalue weighted by atomic mass is 35.5. The number of rotatable bonds is 5. The zero-order chi connectivity index (χ0) is 13.0. The van der Waals surface area contributed by atoms with Gasteiger partial charge in [0.05, 0.1) is 15.8 Å². The van der Waals surface area contributed by atoms with Gasteiger partial charge in [-0.05, 0) is 36.8 Å². The van der Waals surface area contributed by atoms with Gasteiger partial charge in [0, 0.05) is 6.42 Å². The molecule has 0 aliphatic carbocycles. The van der Waals surface area contributed by atoms with Crippen LogP contribution in [0.3, 0.4) is 0 Å². The van der Waals surface area contributed by atoms with E-state index >= 15 is 0 Å². The van der Waals surface area contributed by atoms with Crippen molar-refractivity contribution in [2.75, 3.05) is 6.61 Å². The summed E-state index contributed by atoms with van der Waals surface area (Å²) in [6.07, 6.45) is 0.366. The Bertz CT molecular complexity index is 548. The van der Waals surface area contributed by atoms with E-state index in [1.54, 1.807) is 12.1 Å². The van der Waals surface area contributed by atoms with Gasteiger partial charge >= 0.3 is 0 Å². The van der Waals surface area contributed by atoms with Gasteiger partial charge in [-0.2, -0.15) is 0 Å². The molecule has 1 aromatic carbocycles. The van der Waals surface area contributed by atoms with Crippen LogP contribution in [0, 0.1) is 6.92 Å². The van der Waals surface area contributed by atoms with Gasteiger partial charge < -0.3 is 4.74 Å². The van der Waals surface area contributed by atoms with E-state index in [9.17, 15) is 4.79 Å². The van der Waals surface area contributed by atoms with Crippen LogP contribution in [0.25, 0.3) is 0 Å². The maximum atomic E-state index is 11.8. The second-order valence-electron chi connectivity index (χ2n) is 3.94. The van der Waals surface area contributed by atoms with Crippen molar-refractivity contribution in [2.45, 2.75) is 13.3 Å². The summed E-state index contributed by atoms with van der Waals surface area (Å²) in [7, 11) is 0. The molecule has 0 amide bonds. The molecule has 2 aromatic rings. The lowest BCUT2D eigenvalue weighted by atomic mass is 10.2. The lowest BCUT2D eigenvalue weighted by molar-refractivity contribution is 0.0966. The van der Waals surface area contributed by atoms with Crippen molar-refractivity contribution in [2.24, 2.45) is 0 Å². The van der Waals surface area contributed by atoms with Crippen molar-refractivity contribution in [1.29, 1.82) is 0 Å². The van der Waals surface area contributed by atoms with Gasteiger partial charge in [0.25, 0.3) is 0 Å². The SMILES string of the molecule is Cc1cccc(OCCC(=O)c2ccc(Cl)s2)c1. The number of halogens is 1. The van der Waals surface area contributed by atoms with Crippen molar-refractivity contribution in [1.82, 2.24) is 0 Å². The summed E-state index contributed by atoms with van der Waals surface area (Å²) in [6.45, 7) is 2.39. The molecule has 0 N–H and O–H groups in total. The average Bonchev–Trinajstić information content (AvgIpc) is 2.76. The quantitative estimate of drug-likeness (QED) is 0.761. The molecule has 0 aliphatic rings. The van der Waals surface area contributed by atoms with Gasteiger partial charge in [0.15, 0.2) is 5.78 Å². The molecule has 0 fully saturated rings. The van der Waals surface area contributed by atoms with Gasteiger partial charge in [-0.1, -0.05) is 23.7 Å². The van der Waals surface area contributed by atoms with Gasteiger partial charge in [0.2, 0.25) is 0 Å². The molecule has 0 saturated carbocycles. The third-order valence-corrected chi connectivity index (χ3v) is 3.71. The molecule has 2 rings (SSSR count). The Morgan fingerprint density at radius 2 is 2.17 bits per heavy atom. The molecule has 4 heteroatoms. The molecule has 0 aliphatic heterocycles. The third kappa shape index (κ3) is 3.59. The first-order valence-corrected chi connectivity index (χ1v) is 6.82. The largest absolute Gasteiger partial charge is 0.493 e. The Kier molecular flexibility index (Phi) is 4.39. The van der Waals surface area contributed by atoms with Crippen LogP contribution in [-0.2, 0) is 0 Å². The molecular formula is C14H13ClO2S. The lowest BCUT2D eigenvalue weighted by Gasteiger charge is -2.05. The summed E-state index contributed by atoms with van der Waals surface area (Å²) in [4.78, 5) is 12.5. The van der Waals surface area contributed by atoms with Crippen molar-refractivity contribution in [3.05, 3.63) is 51.2 Å². The normalized spacial score (nSPS) is 10.3. The Morgan fingerprint density at radius 1 is 1.33 bits per heavy atom. The molecule has 2 nitrogen and oxygen atoms in total. The molecule has 18 heavy (non-hydrogen) atoms. The zero-order valence-corrected chi connectivity index (χ0v) is 11.6. The predicted molar refractivity (Wildman–Crippen MR) is 75.0 cm³/mol. The van der Waals surface area contributed by atoms with E-state index < -0.39 is 0 Å². The van der Waals surface area contributed by atoms with Crippen LogP contribution in [0.4, 0.5) is 0 Å². The first-order chi connectivity index (χ1) is 8.65. The number of carbonyl (C=O) groups excluding carboxylic acids is 1. The Hall–Kier alpha value is -1.32. The molecule has 0 atom stereocenters. The van der Waals surface area contributed by atoms with E-state index in [1.807, 2.05) is 31.2 Å². The van der Waals surface area contributed by atoms with E-state index in [1.165, 1.54) is 11.3 Å². The molecule has 1 aromatic heterocycles. The number of aryl methyl sites for hydroxylation is 1. The molecule has 0 unspecified atom stereocenters. The Labute approximate surface area is 115 Å². The molecule has 94 valence electrons. The van der Waals surface area contributed by atoms with E-state index in [-0.39, 0.29) is 5.78 Å². The average molecular weight is 281 g/mol. The summed E-state index contributed by atoms with van der Waals surface area (Å²) >= 11 is 7.09. The number of Topliss-reactive ketones (excluding diaryl/α,β-unsaturated/α-hetero) is 1. The maximum Gasteiger partial charge on any atom is 0.176 e. The maximum absolute atomic E-state index is 11.8. The minimum absolute atomic E-state index is 0.0690. The van der Waals surface area contributed by atoms with Crippen LogP contribution >= 0.6 is 22.9 Å². The highest BCUT2D eigenvalue weighted by Gasteiger charge is 2.08. The van der Waals surface area contributed by atoms with Crippen LogP contribution in [0.5, 0.6) is 5.75 Å². The van der Waals surface area contributed by atoms with Crippen molar-refractivity contribution >= 4 is 28.7 Å². The molecule has 1 heterocycles. The number of hydrogen-bond acceptors (Lipinski definition) is 3. The number of ketones is 1. The minimum Gasteiger partial charge on any atom is -0.493 e. The second-order valence-corrected chi connectivity index (χ2v) is 5.66.